The van der Waals surface area contributed by atoms with Gasteiger partial charge in [0.2, 0.25) is 0 Å². The van der Waals surface area contributed by atoms with E-state index in [0.717, 1.165) is 6.42 Å². The molecular weight excluding hydrogens is 250 g/mol. The highest BCUT2D eigenvalue weighted by Gasteiger charge is 2.49. The number of benzene rings is 1. The molecule has 0 bridgehead atoms. The van der Waals surface area contributed by atoms with Crippen LogP contribution in [0.2, 0.25) is 5.02 Å². The number of amides is 1. The Labute approximate surface area is 112 Å². The summed E-state index contributed by atoms with van der Waals surface area (Å²) in [4.78, 5) is 11.6. The number of hydrogen-bond acceptors (Lipinski definition) is 2. The predicted molar refractivity (Wildman–Crippen MR) is 72.0 cm³/mol. The highest BCUT2D eigenvalue weighted by Crippen LogP contribution is 2.54. The quantitative estimate of drug-likeness (QED) is 0.899. The number of ether oxygens (including phenoxy) is 1. The van der Waals surface area contributed by atoms with Crippen LogP contribution in [-0.4, -0.2) is 12.6 Å². The van der Waals surface area contributed by atoms with Gasteiger partial charge in [0.1, 0.15) is 5.75 Å². The van der Waals surface area contributed by atoms with Crippen molar-refractivity contribution in [2.24, 2.45) is 11.3 Å². The lowest BCUT2D eigenvalue weighted by Crippen LogP contribution is -2.33. The van der Waals surface area contributed by atoms with Crippen molar-refractivity contribution in [1.82, 2.24) is 5.32 Å². The van der Waals surface area contributed by atoms with E-state index < -0.39 is 6.09 Å². The lowest BCUT2D eigenvalue weighted by Gasteiger charge is -2.14. The maximum Gasteiger partial charge on any atom is 0.412 e. The smallest absolute Gasteiger partial charge is 0.410 e. The molecule has 1 fully saturated rings. The minimum absolute atomic E-state index is 0.291. The first-order chi connectivity index (χ1) is 8.55. The normalized spacial score (nSPS) is 25.6. The average molecular weight is 268 g/mol. The second-order valence-electron chi connectivity index (χ2n) is 5.02. The van der Waals surface area contributed by atoms with Crippen LogP contribution in [0.5, 0.6) is 5.75 Å². The zero-order chi connectivity index (χ0) is 13.2. The summed E-state index contributed by atoms with van der Waals surface area (Å²) in [5.74, 6) is 1.20. The first kappa shape index (κ1) is 13.2. The summed E-state index contributed by atoms with van der Waals surface area (Å²) in [5.41, 5.74) is 0.291. The molecule has 2 rings (SSSR count). The summed E-state index contributed by atoms with van der Waals surface area (Å²) in [6.07, 6.45) is 1.88. The van der Waals surface area contributed by atoms with E-state index in [4.69, 9.17) is 16.3 Å². The molecule has 1 aliphatic carbocycles. The summed E-state index contributed by atoms with van der Waals surface area (Å²) in [6, 6.07) is 6.75. The van der Waals surface area contributed by atoms with Crippen LogP contribution in [-0.2, 0) is 0 Å². The van der Waals surface area contributed by atoms with Gasteiger partial charge in [-0.05, 0) is 48.4 Å². The Bertz CT molecular complexity index is 428. The van der Waals surface area contributed by atoms with Crippen molar-refractivity contribution in [2.75, 3.05) is 6.54 Å². The Morgan fingerprint density at radius 1 is 1.50 bits per heavy atom. The molecule has 1 saturated carbocycles. The molecule has 1 amide bonds. The fourth-order valence-corrected chi connectivity index (χ4v) is 2.44. The van der Waals surface area contributed by atoms with Crippen molar-refractivity contribution in [3.63, 3.8) is 0 Å². The molecule has 98 valence electrons. The van der Waals surface area contributed by atoms with Gasteiger partial charge in [-0.2, -0.15) is 0 Å². The maximum atomic E-state index is 11.6. The van der Waals surface area contributed by atoms with Crippen LogP contribution in [0.15, 0.2) is 24.3 Å². The first-order valence-corrected chi connectivity index (χ1v) is 6.65. The van der Waals surface area contributed by atoms with Gasteiger partial charge in [-0.15, -0.1) is 0 Å². The van der Waals surface area contributed by atoms with Gasteiger partial charge in [0.25, 0.3) is 0 Å². The van der Waals surface area contributed by atoms with Gasteiger partial charge in [-0.25, -0.2) is 4.79 Å². The van der Waals surface area contributed by atoms with Crippen LogP contribution in [0.25, 0.3) is 0 Å². The predicted octanol–water partition coefficient (Wildman–Crippen LogP) is 3.86. The fourth-order valence-electron chi connectivity index (χ4n) is 2.31. The summed E-state index contributed by atoms with van der Waals surface area (Å²) >= 11 is 5.76. The molecule has 1 unspecified atom stereocenters. The molecule has 0 spiro atoms. The second kappa shape index (κ2) is 5.19. The third-order valence-electron chi connectivity index (χ3n) is 3.91. The zero-order valence-corrected chi connectivity index (χ0v) is 11.5. The molecule has 3 nitrogen and oxygen atoms in total. The van der Waals surface area contributed by atoms with Crippen LogP contribution in [0.4, 0.5) is 4.79 Å². The molecule has 0 aliphatic heterocycles. The van der Waals surface area contributed by atoms with Crippen molar-refractivity contribution < 1.29 is 9.53 Å². The number of nitrogens with one attached hydrogen (secondary N) is 1. The van der Waals surface area contributed by atoms with Crippen molar-refractivity contribution in [3.05, 3.63) is 29.3 Å². The summed E-state index contributed by atoms with van der Waals surface area (Å²) < 4.78 is 5.16. The van der Waals surface area contributed by atoms with Gasteiger partial charge in [-0.3, -0.25) is 0 Å². The number of hydrogen-bond donors (Lipinski definition) is 1. The molecule has 18 heavy (non-hydrogen) atoms. The largest absolute Gasteiger partial charge is 0.412 e. The van der Waals surface area contributed by atoms with E-state index in [1.165, 1.54) is 6.42 Å². The third-order valence-corrected chi connectivity index (χ3v) is 4.16. The average Bonchev–Trinajstić information content (AvgIpc) is 3.01. The molecule has 1 aliphatic rings. The highest BCUT2D eigenvalue weighted by molar-refractivity contribution is 6.30. The van der Waals surface area contributed by atoms with Crippen LogP contribution < -0.4 is 10.1 Å². The number of carbonyl (C=O) groups excluding carboxylic acids is 1. The van der Waals surface area contributed by atoms with Gasteiger partial charge >= 0.3 is 6.09 Å². The number of rotatable bonds is 4. The molecule has 0 heterocycles. The van der Waals surface area contributed by atoms with Gasteiger partial charge in [0, 0.05) is 11.6 Å². The summed E-state index contributed by atoms with van der Waals surface area (Å²) in [5, 5.41) is 3.46. The van der Waals surface area contributed by atoms with Crippen LogP contribution >= 0.6 is 11.6 Å². The summed E-state index contributed by atoms with van der Waals surface area (Å²) in [7, 11) is 0. The number of halogens is 1. The fraction of sp³-hybridized carbons (Fsp3) is 0.500. The molecule has 0 aromatic heterocycles. The van der Waals surface area contributed by atoms with Crippen molar-refractivity contribution in [3.8, 4) is 5.75 Å². The monoisotopic (exact) mass is 267 g/mol. The third kappa shape index (κ3) is 2.96. The van der Waals surface area contributed by atoms with Crippen molar-refractivity contribution >= 4 is 17.7 Å². The number of carbonyl (C=O) groups is 1. The Morgan fingerprint density at radius 2 is 2.11 bits per heavy atom. The Balaban J connectivity index is 1.81. The van der Waals surface area contributed by atoms with E-state index in [2.05, 4.69) is 19.2 Å². The van der Waals surface area contributed by atoms with E-state index in [1.54, 1.807) is 24.3 Å². The molecule has 0 saturated heterocycles. The first-order valence-electron chi connectivity index (χ1n) is 6.27. The molecule has 1 aromatic carbocycles. The SMILES string of the molecule is CCC1(CNC(=O)Oc2ccc(Cl)cc2)C[C@@H]1C. The van der Waals surface area contributed by atoms with E-state index >= 15 is 0 Å². The standard InChI is InChI=1S/C14H18ClNO2/c1-3-14(8-10(14)2)9-16-13(17)18-12-6-4-11(15)5-7-12/h4-7,10H,3,8-9H2,1-2H3,(H,16,17)/t10-,14?/m0/s1. The van der Waals surface area contributed by atoms with E-state index in [1.807, 2.05) is 0 Å². The van der Waals surface area contributed by atoms with Gasteiger partial charge < -0.3 is 10.1 Å². The lowest BCUT2D eigenvalue weighted by molar-refractivity contribution is 0.196. The van der Waals surface area contributed by atoms with E-state index in [9.17, 15) is 4.79 Å². The molecular formula is C14H18ClNO2. The molecule has 4 heteroatoms. The molecule has 0 radical (unpaired) electrons. The van der Waals surface area contributed by atoms with Crippen LogP contribution in [0, 0.1) is 11.3 Å². The van der Waals surface area contributed by atoms with Gasteiger partial charge in [0.05, 0.1) is 0 Å². The maximum absolute atomic E-state index is 11.6. The van der Waals surface area contributed by atoms with E-state index in [-0.39, 0.29) is 0 Å². The Kier molecular flexibility index (Phi) is 3.81. The minimum Gasteiger partial charge on any atom is -0.410 e. The summed E-state index contributed by atoms with van der Waals surface area (Å²) in [6.45, 7) is 5.07. The zero-order valence-electron chi connectivity index (χ0n) is 10.7. The van der Waals surface area contributed by atoms with Crippen molar-refractivity contribution in [1.29, 1.82) is 0 Å². The molecule has 1 N–H and O–H groups in total. The molecule has 1 aromatic rings. The van der Waals surface area contributed by atoms with Crippen LogP contribution in [0.3, 0.4) is 0 Å². The lowest BCUT2D eigenvalue weighted by atomic mass is 10.0. The van der Waals surface area contributed by atoms with Crippen molar-refractivity contribution in [2.45, 2.75) is 26.7 Å². The highest BCUT2D eigenvalue weighted by atomic mass is 35.5. The Hall–Kier alpha value is -1.22. The Morgan fingerprint density at radius 3 is 2.61 bits per heavy atom. The minimum atomic E-state index is -0.399. The topological polar surface area (TPSA) is 38.3 Å². The van der Waals surface area contributed by atoms with E-state index in [0.29, 0.717) is 28.6 Å². The van der Waals surface area contributed by atoms with Crippen LogP contribution in [0.1, 0.15) is 26.7 Å². The molecule has 2 atom stereocenters. The van der Waals surface area contributed by atoms with Gasteiger partial charge in [0.15, 0.2) is 0 Å². The second-order valence-corrected chi connectivity index (χ2v) is 5.45. The van der Waals surface area contributed by atoms with Gasteiger partial charge in [-0.1, -0.05) is 25.4 Å².